The van der Waals surface area contributed by atoms with E-state index in [9.17, 15) is 8.42 Å². The number of hydrogen-bond donors (Lipinski definition) is 1. The molecule has 1 saturated carbocycles. The third-order valence-corrected chi connectivity index (χ3v) is 7.25. The molecule has 5 heteroatoms. The van der Waals surface area contributed by atoms with Gasteiger partial charge in [0.25, 0.3) is 0 Å². The lowest BCUT2D eigenvalue weighted by Gasteiger charge is -2.33. The maximum Gasteiger partial charge on any atom is 0.152 e. The van der Waals surface area contributed by atoms with Crippen molar-refractivity contribution < 1.29 is 8.42 Å². The van der Waals surface area contributed by atoms with E-state index in [1.165, 1.54) is 22.3 Å². The van der Waals surface area contributed by atoms with Crippen molar-refractivity contribution in [2.75, 3.05) is 24.6 Å². The van der Waals surface area contributed by atoms with E-state index in [-0.39, 0.29) is 11.5 Å². The Hall–Kier alpha value is -1.69. The maximum absolute atomic E-state index is 11.6. The first-order valence-corrected chi connectivity index (χ1v) is 11.2. The van der Waals surface area contributed by atoms with Gasteiger partial charge in [0.05, 0.1) is 11.5 Å². The monoisotopic (exact) mass is 370 g/mol. The Balaban J connectivity index is 1.48. The highest BCUT2D eigenvalue weighted by atomic mass is 32.2. The van der Waals surface area contributed by atoms with Gasteiger partial charge in [0.2, 0.25) is 0 Å². The van der Waals surface area contributed by atoms with Crippen LogP contribution in [0.5, 0.6) is 0 Å². The molecule has 2 N–H and O–H groups in total. The lowest BCUT2D eigenvalue weighted by atomic mass is 9.76. The van der Waals surface area contributed by atoms with Crippen LogP contribution in [-0.2, 0) is 16.4 Å². The molecule has 138 valence electrons. The number of hydrogen-bond acceptors (Lipinski definition) is 4. The minimum absolute atomic E-state index is 0.276. The predicted molar refractivity (Wildman–Crippen MR) is 106 cm³/mol. The zero-order valence-corrected chi connectivity index (χ0v) is 15.8. The second-order valence-corrected chi connectivity index (χ2v) is 9.99. The molecule has 2 aromatic rings. The summed E-state index contributed by atoms with van der Waals surface area (Å²) in [5.41, 5.74) is 11.0. The maximum atomic E-state index is 11.6. The van der Waals surface area contributed by atoms with E-state index < -0.39 is 9.84 Å². The van der Waals surface area contributed by atoms with Crippen molar-refractivity contribution in [3.05, 3.63) is 59.7 Å². The molecule has 1 saturated heterocycles. The molecule has 2 aromatic carbocycles. The van der Waals surface area contributed by atoms with Gasteiger partial charge in [-0.05, 0) is 47.1 Å². The first kappa shape index (κ1) is 17.7. The second-order valence-electron chi connectivity index (χ2n) is 7.68. The first-order chi connectivity index (χ1) is 12.5. The summed E-state index contributed by atoms with van der Waals surface area (Å²) in [7, 11) is -2.82. The fourth-order valence-corrected chi connectivity index (χ4v) is 5.20. The average Bonchev–Trinajstić information content (AvgIpc) is 2.61. The lowest BCUT2D eigenvalue weighted by molar-refractivity contribution is 0.288. The molecule has 0 radical (unpaired) electrons. The molecule has 1 aliphatic heterocycles. The number of sulfone groups is 1. The van der Waals surface area contributed by atoms with Gasteiger partial charge in [-0.2, -0.15) is 0 Å². The molecule has 2 aliphatic rings. The van der Waals surface area contributed by atoms with Crippen LogP contribution in [0.1, 0.15) is 29.9 Å². The van der Waals surface area contributed by atoms with Gasteiger partial charge in [0.1, 0.15) is 0 Å². The zero-order chi connectivity index (χ0) is 18.1. The minimum Gasteiger partial charge on any atom is -0.328 e. The van der Waals surface area contributed by atoms with E-state index >= 15 is 0 Å². The summed E-state index contributed by atoms with van der Waals surface area (Å²) < 4.78 is 23.2. The molecular formula is C21H26N2O2S. The number of nitrogens with zero attached hydrogens (tertiary/aromatic N) is 1. The summed E-state index contributed by atoms with van der Waals surface area (Å²) >= 11 is 0. The van der Waals surface area contributed by atoms with Crippen LogP contribution in [0.3, 0.4) is 0 Å². The number of benzene rings is 2. The van der Waals surface area contributed by atoms with E-state index in [4.69, 9.17) is 5.73 Å². The number of rotatable bonds is 4. The molecule has 26 heavy (non-hydrogen) atoms. The molecule has 0 unspecified atom stereocenters. The van der Waals surface area contributed by atoms with Crippen molar-refractivity contribution in [1.82, 2.24) is 4.90 Å². The molecule has 2 fully saturated rings. The number of nitrogens with two attached hydrogens (primary N) is 1. The van der Waals surface area contributed by atoms with Crippen LogP contribution in [0.4, 0.5) is 0 Å². The fraction of sp³-hybridized carbons (Fsp3) is 0.429. The summed E-state index contributed by atoms with van der Waals surface area (Å²) in [5.74, 6) is 1.15. The second kappa shape index (κ2) is 7.14. The SMILES string of the molecule is NC1CC(c2cccc(-c3cccc(CN4CCS(=O)(=O)CC4)c3)c2)C1. The van der Waals surface area contributed by atoms with Crippen LogP contribution in [0.2, 0.25) is 0 Å². The van der Waals surface area contributed by atoms with Crippen molar-refractivity contribution >= 4 is 9.84 Å². The lowest BCUT2D eigenvalue weighted by Crippen LogP contribution is -2.39. The van der Waals surface area contributed by atoms with Crippen molar-refractivity contribution in [2.45, 2.75) is 31.3 Å². The van der Waals surface area contributed by atoms with Gasteiger partial charge in [-0.15, -0.1) is 0 Å². The third-order valence-electron chi connectivity index (χ3n) is 5.64. The molecule has 0 bridgehead atoms. The molecule has 0 aromatic heterocycles. The van der Waals surface area contributed by atoms with Crippen molar-refractivity contribution in [3.63, 3.8) is 0 Å². The first-order valence-electron chi connectivity index (χ1n) is 9.36. The van der Waals surface area contributed by atoms with E-state index in [0.29, 0.717) is 25.0 Å². The summed E-state index contributed by atoms with van der Waals surface area (Å²) in [6.07, 6.45) is 2.17. The highest BCUT2D eigenvalue weighted by molar-refractivity contribution is 7.91. The Kier molecular flexibility index (Phi) is 4.86. The minimum atomic E-state index is -2.82. The third kappa shape index (κ3) is 4.00. The van der Waals surface area contributed by atoms with Gasteiger partial charge in [-0.1, -0.05) is 42.5 Å². The standard InChI is InChI=1S/C21H26N2O2S/c22-21-13-20(14-21)19-6-2-5-18(12-19)17-4-1-3-16(11-17)15-23-7-9-26(24,25)10-8-23/h1-6,11-12,20-21H,7-10,13-15,22H2. The largest absolute Gasteiger partial charge is 0.328 e. The molecule has 0 amide bonds. The van der Waals surface area contributed by atoms with E-state index in [2.05, 4.69) is 53.4 Å². The summed E-state index contributed by atoms with van der Waals surface area (Å²) in [6, 6.07) is 17.8. The van der Waals surface area contributed by atoms with Crippen LogP contribution in [0.15, 0.2) is 48.5 Å². The van der Waals surface area contributed by atoms with Crippen LogP contribution in [0, 0.1) is 0 Å². The van der Waals surface area contributed by atoms with E-state index in [0.717, 1.165) is 19.4 Å². The highest BCUT2D eigenvalue weighted by Crippen LogP contribution is 2.37. The summed E-state index contributed by atoms with van der Waals surface area (Å²) in [6.45, 7) is 2.06. The zero-order valence-electron chi connectivity index (χ0n) is 15.0. The van der Waals surface area contributed by atoms with Crippen LogP contribution >= 0.6 is 0 Å². The van der Waals surface area contributed by atoms with Crippen molar-refractivity contribution in [3.8, 4) is 11.1 Å². The Morgan fingerprint density at radius 1 is 0.962 bits per heavy atom. The highest BCUT2D eigenvalue weighted by Gasteiger charge is 2.27. The molecule has 4 nitrogen and oxygen atoms in total. The van der Waals surface area contributed by atoms with E-state index in [1.807, 2.05) is 0 Å². The predicted octanol–water partition coefficient (Wildman–Crippen LogP) is 2.79. The smallest absolute Gasteiger partial charge is 0.152 e. The average molecular weight is 371 g/mol. The molecule has 0 atom stereocenters. The van der Waals surface area contributed by atoms with Gasteiger partial charge in [-0.25, -0.2) is 8.42 Å². The fourth-order valence-electron chi connectivity index (χ4n) is 3.92. The van der Waals surface area contributed by atoms with Gasteiger partial charge in [-0.3, -0.25) is 4.90 Å². The molecule has 1 aliphatic carbocycles. The van der Waals surface area contributed by atoms with Gasteiger partial charge >= 0.3 is 0 Å². The Morgan fingerprint density at radius 3 is 2.31 bits per heavy atom. The van der Waals surface area contributed by atoms with Gasteiger partial charge < -0.3 is 5.73 Å². The molecule has 1 heterocycles. The Bertz CT molecular complexity index is 874. The van der Waals surface area contributed by atoms with Crippen LogP contribution in [0.25, 0.3) is 11.1 Å². The molecular weight excluding hydrogens is 344 g/mol. The molecule has 0 spiro atoms. The topological polar surface area (TPSA) is 63.4 Å². The Labute approximate surface area is 155 Å². The summed E-state index contributed by atoms with van der Waals surface area (Å²) in [5, 5.41) is 0. The van der Waals surface area contributed by atoms with Crippen molar-refractivity contribution in [2.24, 2.45) is 5.73 Å². The van der Waals surface area contributed by atoms with Crippen LogP contribution < -0.4 is 5.73 Å². The van der Waals surface area contributed by atoms with Gasteiger partial charge in [0, 0.05) is 25.7 Å². The quantitative estimate of drug-likeness (QED) is 0.899. The van der Waals surface area contributed by atoms with Crippen LogP contribution in [-0.4, -0.2) is 44.0 Å². The van der Waals surface area contributed by atoms with E-state index in [1.54, 1.807) is 0 Å². The van der Waals surface area contributed by atoms with Gasteiger partial charge in [0.15, 0.2) is 9.84 Å². The normalized spacial score (nSPS) is 25.6. The Morgan fingerprint density at radius 2 is 1.62 bits per heavy atom. The summed E-state index contributed by atoms with van der Waals surface area (Å²) in [4.78, 5) is 2.23. The van der Waals surface area contributed by atoms with Crippen molar-refractivity contribution in [1.29, 1.82) is 0 Å². The molecule has 4 rings (SSSR count).